The quantitative estimate of drug-likeness (QED) is 0.791. The van der Waals surface area contributed by atoms with E-state index in [-0.39, 0.29) is 0 Å². The Morgan fingerprint density at radius 1 is 1.54 bits per heavy atom. The number of nitrogens with two attached hydrogens (primary N) is 1. The Morgan fingerprint density at radius 2 is 2.38 bits per heavy atom. The van der Waals surface area contributed by atoms with Gasteiger partial charge in [-0.1, -0.05) is 0 Å². The fourth-order valence-corrected chi connectivity index (χ4v) is 1.87. The first-order chi connectivity index (χ1) is 6.25. The summed E-state index contributed by atoms with van der Waals surface area (Å²) in [6, 6.07) is 4.45. The van der Waals surface area contributed by atoms with Gasteiger partial charge in [-0.05, 0) is 41.1 Å². The molecule has 2 rings (SSSR count). The average molecular weight is 289 g/mol. The van der Waals surface area contributed by atoms with E-state index >= 15 is 0 Å². The summed E-state index contributed by atoms with van der Waals surface area (Å²) in [6.07, 6.45) is 2.97. The maximum Gasteiger partial charge on any atom is 0.128 e. The summed E-state index contributed by atoms with van der Waals surface area (Å²) in [4.78, 5) is 6.59. The molecule has 3 nitrogen and oxygen atoms in total. The molecule has 1 unspecified atom stereocenters. The Hall–Kier alpha value is -0.360. The van der Waals surface area contributed by atoms with Gasteiger partial charge in [-0.25, -0.2) is 4.98 Å². The highest BCUT2D eigenvalue weighted by molar-refractivity contribution is 14.1. The maximum absolute atomic E-state index is 5.82. The van der Waals surface area contributed by atoms with Gasteiger partial charge in [-0.3, -0.25) is 0 Å². The van der Waals surface area contributed by atoms with Crippen molar-refractivity contribution in [3.8, 4) is 0 Å². The Kier molecular flexibility index (Phi) is 2.69. The van der Waals surface area contributed by atoms with Gasteiger partial charge < -0.3 is 10.6 Å². The molecule has 4 heteroatoms. The molecule has 1 aliphatic rings. The van der Waals surface area contributed by atoms with E-state index in [2.05, 4.69) is 44.6 Å². The summed E-state index contributed by atoms with van der Waals surface area (Å²) in [7, 11) is 0. The molecule has 0 spiro atoms. The number of aromatic nitrogens is 1. The highest BCUT2D eigenvalue weighted by atomic mass is 127. The van der Waals surface area contributed by atoms with Gasteiger partial charge >= 0.3 is 0 Å². The van der Waals surface area contributed by atoms with Crippen LogP contribution in [0.25, 0.3) is 0 Å². The van der Waals surface area contributed by atoms with Gasteiger partial charge in [0.05, 0.1) is 0 Å². The third-order valence-electron chi connectivity index (χ3n) is 2.26. The summed E-state index contributed by atoms with van der Waals surface area (Å²) in [6.45, 7) is 1.97. The summed E-state index contributed by atoms with van der Waals surface area (Å²) >= 11 is 2.26. The van der Waals surface area contributed by atoms with Crippen LogP contribution in [0.3, 0.4) is 0 Å². The van der Waals surface area contributed by atoms with Crippen molar-refractivity contribution in [1.82, 2.24) is 4.98 Å². The lowest BCUT2D eigenvalue weighted by atomic mass is 10.3. The Balaban J connectivity index is 2.13. The Labute approximate surface area is 91.5 Å². The highest BCUT2D eigenvalue weighted by Crippen LogP contribution is 2.17. The number of nitrogens with zero attached hydrogens (tertiary/aromatic N) is 2. The number of pyridine rings is 1. The van der Waals surface area contributed by atoms with E-state index in [1.54, 1.807) is 0 Å². The van der Waals surface area contributed by atoms with Crippen molar-refractivity contribution >= 4 is 28.4 Å². The van der Waals surface area contributed by atoms with Crippen LogP contribution in [0.1, 0.15) is 6.42 Å². The molecule has 0 amide bonds. The number of halogens is 1. The molecular weight excluding hydrogens is 277 g/mol. The minimum absolute atomic E-state index is 0.320. The van der Waals surface area contributed by atoms with Crippen LogP contribution in [0.2, 0.25) is 0 Å². The number of anilines is 1. The first-order valence-corrected chi connectivity index (χ1v) is 5.45. The zero-order valence-electron chi connectivity index (χ0n) is 7.28. The van der Waals surface area contributed by atoms with Crippen LogP contribution in [0, 0.1) is 3.57 Å². The number of hydrogen-bond acceptors (Lipinski definition) is 3. The molecular formula is C9H12IN3. The predicted molar refractivity (Wildman–Crippen MR) is 61.8 cm³/mol. The van der Waals surface area contributed by atoms with E-state index < -0.39 is 0 Å². The van der Waals surface area contributed by atoms with Crippen molar-refractivity contribution in [2.45, 2.75) is 12.5 Å². The van der Waals surface area contributed by atoms with Crippen LogP contribution in [0.15, 0.2) is 18.3 Å². The minimum Gasteiger partial charge on any atom is -0.355 e. The van der Waals surface area contributed by atoms with Gasteiger partial charge in [-0.15, -0.1) is 0 Å². The molecule has 1 fully saturated rings. The standard InChI is InChI=1S/C9H12IN3/c10-7-1-2-9(12-5-7)13-4-3-8(11)6-13/h1-2,5,8H,3-4,6,11H2. The van der Waals surface area contributed by atoms with Gasteiger partial charge in [-0.2, -0.15) is 0 Å². The predicted octanol–water partition coefficient (Wildman–Crippen LogP) is 1.22. The number of rotatable bonds is 1. The second-order valence-corrected chi connectivity index (χ2v) is 4.58. The topological polar surface area (TPSA) is 42.1 Å². The summed E-state index contributed by atoms with van der Waals surface area (Å²) in [5, 5.41) is 0. The summed E-state index contributed by atoms with van der Waals surface area (Å²) in [5.41, 5.74) is 5.82. The molecule has 0 saturated carbocycles. The van der Waals surface area contributed by atoms with Gasteiger partial charge in [0.15, 0.2) is 0 Å². The van der Waals surface area contributed by atoms with E-state index in [9.17, 15) is 0 Å². The lowest BCUT2D eigenvalue weighted by Gasteiger charge is -2.16. The third kappa shape index (κ3) is 2.11. The highest BCUT2D eigenvalue weighted by Gasteiger charge is 2.19. The smallest absolute Gasteiger partial charge is 0.128 e. The van der Waals surface area contributed by atoms with Gasteiger partial charge in [0, 0.05) is 28.9 Å². The second kappa shape index (κ2) is 3.79. The van der Waals surface area contributed by atoms with E-state index in [4.69, 9.17) is 5.73 Å². The largest absolute Gasteiger partial charge is 0.355 e. The van der Waals surface area contributed by atoms with Crippen LogP contribution >= 0.6 is 22.6 Å². The fraction of sp³-hybridized carbons (Fsp3) is 0.444. The van der Waals surface area contributed by atoms with Crippen LogP contribution in [0.5, 0.6) is 0 Å². The van der Waals surface area contributed by atoms with E-state index in [1.165, 1.54) is 3.57 Å². The molecule has 0 bridgehead atoms. The van der Waals surface area contributed by atoms with E-state index in [0.29, 0.717) is 6.04 Å². The van der Waals surface area contributed by atoms with Crippen molar-refractivity contribution in [3.63, 3.8) is 0 Å². The lowest BCUT2D eigenvalue weighted by Crippen LogP contribution is -2.26. The molecule has 2 heterocycles. The molecule has 1 aromatic rings. The van der Waals surface area contributed by atoms with E-state index in [1.807, 2.05) is 6.20 Å². The minimum atomic E-state index is 0.320. The molecule has 0 aromatic carbocycles. The van der Waals surface area contributed by atoms with Crippen molar-refractivity contribution < 1.29 is 0 Å². The zero-order valence-corrected chi connectivity index (χ0v) is 9.44. The SMILES string of the molecule is NC1CCN(c2ccc(I)cn2)C1. The third-order valence-corrected chi connectivity index (χ3v) is 2.90. The fourth-order valence-electron chi connectivity index (χ4n) is 1.55. The second-order valence-electron chi connectivity index (χ2n) is 3.33. The Morgan fingerprint density at radius 3 is 2.92 bits per heavy atom. The van der Waals surface area contributed by atoms with Crippen molar-refractivity contribution in [2.75, 3.05) is 18.0 Å². The summed E-state index contributed by atoms with van der Waals surface area (Å²) in [5.74, 6) is 1.05. The van der Waals surface area contributed by atoms with Crippen LogP contribution in [-0.2, 0) is 0 Å². The lowest BCUT2D eigenvalue weighted by molar-refractivity contribution is 0.751. The van der Waals surface area contributed by atoms with Crippen molar-refractivity contribution in [3.05, 3.63) is 21.9 Å². The van der Waals surface area contributed by atoms with E-state index in [0.717, 1.165) is 25.3 Å². The van der Waals surface area contributed by atoms with Crippen molar-refractivity contribution in [2.24, 2.45) is 5.73 Å². The molecule has 0 radical (unpaired) electrons. The zero-order chi connectivity index (χ0) is 9.26. The van der Waals surface area contributed by atoms with Crippen LogP contribution in [0.4, 0.5) is 5.82 Å². The average Bonchev–Trinajstić information content (AvgIpc) is 2.53. The first-order valence-electron chi connectivity index (χ1n) is 4.38. The molecule has 13 heavy (non-hydrogen) atoms. The molecule has 1 atom stereocenters. The van der Waals surface area contributed by atoms with Crippen LogP contribution in [-0.4, -0.2) is 24.1 Å². The molecule has 2 N–H and O–H groups in total. The molecule has 1 saturated heterocycles. The Bertz CT molecular complexity index is 285. The maximum atomic E-state index is 5.82. The monoisotopic (exact) mass is 289 g/mol. The van der Waals surface area contributed by atoms with Gasteiger partial charge in [0.25, 0.3) is 0 Å². The van der Waals surface area contributed by atoms with Gasteiger partial charge in [0.2, 0.25) is 0 Å². The first kappa shape index (κ1) is 9.21. The summed E-state index contributed by atoms with van der Waals surface area (Å²) < 4.78 is 1.17. The molecule has 1 aliphatic heterocycles. The van der Waals surface area contributed by atoms with Crippen LogP contribution < -0.4 is 10.6 Å². The molecule has 70 valence electrons. The number of hydrogen-bond donors (Lipinski definition) is 1. The molecule has 1 aromatic heterocycles. The van der Waals surface area contributed by atoms with Crippen molar-refractivity contribution in [1.29, 1.82) is 0 Å². The normalized spacial score (nSPS) is 22.3. The molecule has 0 aliphatic carbocycles. The van der Waals surface area contributed by atoms with Gasteiger partial charge in [0.1, 0.15) is 5.82 Å².